The molecule has 2 fully saturated rings. The average molecular weight is 466 g/mol. The van der Waals surface area contributed by atoms with Crippen molar-refractivity contribution in [2.24, 2.45) is 0 Å². The number of Topliss-reactive ketones (excluding diaryl/α,β-unsaturated/α-hetero) is 1. The summed E-state index contributed by atoms with van der Waals surface area (Å²) in [6, 6.07) is 5.93. The first-order valence-electron chi connectivity index (χ1n) is 11.4. The van der Waals surface area contributed by atoms with Crippen molar-refractivity contribution in [3.05, 3.63) is 47.3 Å². The second kappa shape index (κ2) is 8.51. The average Bonchev–Trinajstić information content (AvgIpc) is 3.54. The van der Waals surface area contributed by atoms with E-state index >= 15 is 0 Å². The fourth-order valence-electron chi connectivity index (χ4n) is 4.51. The molecule has 0 saturated carbocycles. The highest BCUT2D eigenvalue weighted by molar-refractivity contribution is 6.11. The molecule has 0 radical (unpaired) electrons. The molecule has 10 heteroatoms. The number of benzene rings is 1. The van der Waals surface area contributed by atoms with Gasteiger partial charge in [0, 0.05) is 31.3 Å². The molecule has 34 heavy (non-hydrogen) atoms. The third-order valence-corrected chi connectivity index (χ3v) is 6.53. The SMILES string of the molecule is C[C@@]1(c2ccc3c(c2)OCCCO3)NC(=O)N(CC(=O)c2c[nH]c(C(=O)N3CCCC3)c2)C1=O. The van der Waals surface area contributed by atoms with Crippen LogP contribution in [-0.2, 0) is 10.3 Å². The fourth-order valence-corrected chi connectivity index (χ4v) is 4.51. The van der Waals surface area contributed by atoms with E-state index in [9.17, 15) is 19.2 Å². The van der Waals surface area contributed by atoms with E-state index in [4.69, 9.17) is 9.47 Å². The molecule has 5 rings (SSSR count). The lowest BCUT2D eigenvalue weighted by molar-refractivity contribution is -0.130. The van der Waals surface area contributed by atoms with E-state index < -0.39 is 29.8 Å². The Morgan fingerprint density at radius 3 is 2.53 bits per heavy atom. The Bertz CT molecular complexity index is 1170. The van der Waals surface area contributed by atoms with E-state index in [1.807, 2.05) is 0 Å². The lowest BCUT2D eigenvalue weighted by atomic mass is 9.91. The highest BCUT2D eigenvalue weighted by Crippen LogP contribution is 2.36. The smallest absolute Gasteiger partial charge is 0.325 e. The van der Waals surface area contributed by atoms with E-state index in [1.165, 1.54) is 12.3 Å². The maximum absolute atomic E-state index is 13.3. The molecule has 4 amide bonds. The summed E-state index contributed by atoms with van der Waals surface area (Å²) in [5, 5.41) is 2.71. The van der Waals surface area contributed by atoms with E-state index in [0.717, 1.165) is 24.2 Å². The summed E-state index contributed by atoms with van der Waals surface area (Å²) in [5.41, 5.74) is -0.256. The van der Waals surface area contributed by atoms with Gasteiger partial charge in [-0.3, -0.25) is 19.3 Å². The van der Waals surface area contributed by atoms with Gasteiger partial charge >= 0.3 is 6.03 Å². The molecule has 2 aromatic rings. The number of fused-ring (bicyclic) bond motifs is 1. The maximum atomic E-state index is 13.3. The van der Waals surface area contributed by atoms with Gasteiger partial charge in [0.25, 0.3) is 11.8 Å². The van der Waals surface area contributed by atoms with Crippen molar-refractivity contribution >= 4 is 23.6 Å². The van der Waals surface area contributed by atoms with E-state index in [1.54, 1.807) is 30.0 Å². The first-order chi connectivity index (χ1) is 16.4. The zero-order valence-electron chi connectivity index (χ0n) is 18.9. The van der Waals surface area contributed by atoms with Gasteiger partial charge in [0.2, 0.25) is 0 Å². The number of ether oxygens (including phenoxy) is 2. The number of urea groups is 1. The molecule has 1 atom stereocenters. The number of nitrogens with one attached hydrogen (secondary N) is 2. The van der Waals surface area contributed by atoms with Gasteiger partial charge in [-0.05, 0) is 43.5 Å². The van der Waals surface area contributed by atoms with Crippen molar-refractivity contribution in [3.8, 4) is 11.5 Å². The Hall–Kier alpha value is -3.82. The zero-order chi connectivity index (χ0) is 23.9. The normalized spacial score (nSPS) is 22.0. The Morgan fingerprint density at radius 1 is 1.03 bits per heavy atom. The number of rotatable bonds is 5. The molecular weight excluding hydrogens is 440 g/mol. The molecule has 4 heterocycles. The number of nitrogens with zero attached hydrogens (tertiary/aromatic N) is 2. The minimum Gasteiger partial charge on any atom is -0.490 e. The molecule has 10 nitrogen and oxygen atoms in total. The highest BCUT2D eigenvalue weighted by atomic mass is 16.5. The summed E-state index contributed by atoms with van der Waals surface area (Å²) >= 11 is 0. The number of amides is 4. The number of hydrogen-bond acceptors (Lipinski definition) is 6. The summed E-state index contributed by atoms with van der Waals surface area (Å²) in [6.07, 6.45) is 4.11. The van der Waals surface area contributed by atoms with Gasteiger partial charge in [0.1, 0.15) is 11.2 Å². The number of imide groups is 1. The molecule has 0 aliphatic carbocycles. The molecule has 0 unspecified atom stereocenters. The van der Waals surface area contributed by atoms with Crippen LogP contribution in [0, 0.1) is 0 Å². The van der Waals surface area contributed by atoms with Crippen molar-refractivity contribution in [1.29, 1.82) is 0 Å². The molecule has 3 aliphatic heterocycles. The predicted molar refractivity (Wildman–Crippen MR) is 120 cm³/mol. The summed E-state index contributed by atoms with van der Waals surface area (Å²) < 4.78 is 11.4. The quantitative estimate of drug-likeness (QED) is 0.514. The predicted octanol–water partition coefficient (Wildman–Crippen LogP) is 2.06. The Morgan fingerprint density at radius 2 is 1.76 bits per heavy atom. The van der Waals surface area contributed by atoms with Crippen molar-refractivity contribution < 1.29 is 28.7 Å². The van der Waals surface area contributed by atoms with Gasteiger partial charge in [-0.2, -0.15) is 0 Å². The first kappa shape index (κ1) is 22.0. The lowest BCUT2D eigenvalue weighted by Gasteiger charge is -2.23. The number of aromatic nitrogens is 1. The van der Waals surface area contributed by atoms with Gasteiger partial charge in [0.05, 0.1) is 19.8 Å². The van der Waals surface area contributed by atoms with Crippen molar-refractivity contribution in [2.45, 2.75) is 31.7 Å². The number of likely N-dealkylation sites (tertiary alicyclic amines) is 1. The zero-order valence-corrected chi connectivity index (χ0v) is 18.9. The van der Waals surface area contributed by atoms with Crippen LogP contribution >= 0.6 is 0 Å². The van der Waals surface area contributed by atoms with Crippen molar-refractivity contribution in [3.63, 3.8) is 0 Å². The van der Waals surface area contributed by atoms with Crippen LogP contribution in [0.4, 0.5) is 4.79 Å². The second-order valence-electron chi connectivity index (χ2n) is 8.88. The molecule has 1 aromatic carbocycles. The summed E-state index contributed by atoms with van der Waals surface area (Å²) in [6.45, 7) is 3.59. The minimum absolute atomic E-state index is 0.159. The van der Waals surface area contributed by atoms with Gasteiger partial charge in [-0.25, -0.2) is 4.79 Å². The van der Waals surface area contributed by atoms with E-state index in [2.05, 4.69) is 10.3 Å². The third-order valence-electron chi connectivity index (χ3n) is 6.53. The van der Waals surface area contributed by atoms with Crippen LogP contribution in [0.5, 0.6) is 11.5 Å². The first-order valence-corrected chi connectivity index (χ1v) is 11.4. The monoisotopic (exact) mass is 466 g/mol. The molecule has 2 N–H and O–H groups in total. The standard InChI is InChI=1S/C24H26N4O6/c1-24(16-5-6-19-20(12-16)34-10-4-9-33-19)22(31)28(23(32)26-24)14-18(29)15-11-17(25-13-15)21(30)27-7-2-3-8-27/h5-6,11-13,25H,2-4,7-10,14H2,1H3,(H,26,32)/t24-/m0/s1. The number of carbonyl (C=O) groups is 4. The van der Waals surface area contributed by atoms with Gasteiger partial charge in [-0.15, -0.1) is 0 Å². The summed E-state index contributed by atoms with van der Waals surface area (Å²) in [4.78, 5) is 56.9. The summed E-state index contributed by atoms with van der Waals surface area (Å²) in [7, 11) is 0. The van der Waals surface area contributed by atoms with E-state index in [0.29, 0.717) is 49.1 Å². The third kappa shape index (κ3) is 3.78. The van der Waals surface area contributed by atoms with Gasteiger partial charge in [-0.1, -0.05) is 6.07 Å². The largest absolute Gasteiger partial charge is 0.490 e. The maximum Gasteiger partial charge on any atom is 0.325 e. The van der Waals surface area contributed by atoms with Crippen LogP contribution in [0.1, 0.15) is 52.6 Å². The Labute approximate surface area is 196 Å². The minimum atomic E-state index is -1.35. The number of aromatic amines is 1. The number of ketones is 1. The molecule has 2 saturated heterocycles. The van der Waals surface area contributed by atoms with Crippen LogP contribution in [0.3, 0.4) is 0 Å². The molecular formula is C24H26N4O6. The van der Waals surface area contributed by atoms with Gasteiger partial charge in [0.15, 0.2) is 17.3 Å². The second-order valence-corrected chi connectivity index (χ2v) is 8.88. The highest BCUT2D eigenvalue weighted by Gasteiger charge is 2.49. The molecule has 178 valence electrons. The van der Waals surface area contributed by atoms with Crippen LogP contribution in [-0.4, -0.2) is 71.3 Å². The topological polar surface area (TPSA) is 121 Å². The molecule has 1 aromatic heterocycles. The van der Waals surface area contributed by atoms with E-state index in [-0.39, 0.29) is 11.5 Å². The number of hydrogen-bond donors (Lipinski definition) is 2. The molecule has 0 bridgehead atoms. The Kier molecular flexibility index (Phi) is 5.51. The van der Waals surface area contributed by atoms with Crippen LogP contribution in [0.15, 0.2) is 30.5 Å². The number of carbonyl (C=O) groups excluding carboxylic acids is 4. The summed E-state index contributed by atoms with van der Waals surface area (Å²) in [5.74, 6) is -0.0448. The lowest BCUT2D eigenvalue weighted by Crippen LogP contribution is -2.41. The molecule has 0 spiro atoms. The van der Waals surface area contributed by atoms with Crippen molar-refractivity contribution in [1.82, 2.24) is 20.1 Å². The van der Waals surface area contributed by atoms with Crippen LogP contribution in [0.25, 0.3) is 0 Å². The molecule has 3 aliphatic rings. The Balaban J connectivity index is 1.31. The van der Waals surface area contributed by atoms with Crippen molar-refractivity contribution in [2.75, 3.05) is 32.8 Å². The van der Waals surface area contributed by atoms with Gasteiger partial charge < -0.3 is 24.7 Å². The van der Waals surface area contributed by atoms with Crippen LogP contribution < -0.4 is 14.8 Å². The number of H-pyrrole nitrogens is 1. The fraction of sp³-hybridized carbons (Fsp3) is 0.417. The van der Waals surface area contributed by atoms with Crippen LogP contribution in [0.2, 0.25) is 0 Å².